The highest BCUT2D eigenvalue weighted by Crippen LogP contribution is 2.28. The van der Waals surface area contributed by atoms with Crippen molar-refractivity contribution in [3.05, 3.63) is 0 Å². The van der Waals surface area contributed by atoms with E-state index < -0.39 is 5.41 Å². The second-order valence-corrected chi connectivity index (χ2v) is 3.11. The Bertz CT molecular complexity index is 196. The Morgan fingerprint density at radius 2 is 1.64 bits per heavy atom. The quantitative estimate of drug-likeness (QED) is 0.510. The van der Waals surface area contributed by atoms with Gasteiger partial charge in [-0.05, 0) is 19.9 Å². The summed E-state index contributed by atoms with van der Waals surface area (Å²) in [6.45, 7) is 1.72. The van der Waals surface area contributed by atoms with E-state index in [9.17, 15) is 0 Å². The van der Waals surface area contributed by atoms with Crippen molar-refractivity contribution in [2.45, 2.75) is 12.8 Å². The largest absolute Gasteiger partial charge is 0.306 e. The van der Waals surface area contributed by atoms with Gasteiger partial charge < -0.3 is 4.90 Å². The first-order valence-electron chi connectivity index (χ1n) is 3.73. The fraction of sp³-hybridized carbons (Fsp3) is 0.750. The predicted octanol–water partition coefficient (Wildman–Crippen LogP) is 0.746. The van der Waals surface area contributed by atoms with Crippen LogP contribution in [0.4, 0.5) is 0 Å². The van der Waals surface area contributed by atoms with Crippen molar-refractivity contribution in [1.82, 2.24) is 4.90 Å². The smallest absolute Gasteiger partial charge is 0.146 e. The fourth-order valence-corrected chi connectivity index (χ4v) is 1.25. The van der Waals surface area contributed by atoms with Gasteiger partial charge in [-0.1, -0.05) is 0 Å². The molecule has 3 nitrogen and oxygen atoms in total. The summed E-state index contributed by atoms with van der Waals surface area (Å²) in [5.74, 6) is 0. The lowest BCUT2D eigenvalue weighted by Gasteiger charge is -2.30. The molecule has 0 aliphatic carbocycles. The summed E-state index contributed by atoms with van der Waals surface area (Å²) in [7, 11) is 2.01. The van der Waals surface area contributed by atoms with Crippen LogP contribution < -0.4 is 0 Å². The summed E-state index contributed by atoms with van der Waals surface area (Å²) in [5, 5.41) is 17.5. The van der Waals surface area contributed by atoms with E-state index in [1.54, 1.807) is 0 Å². The van der Waals surface area contributed by atoms with Gasteiger partial charge >= 0.3 is 0 Å². The molecule has 1 aliphatic heterocycles. The average Bonchev–Trinajstić information content (AvgIpc) is 2.07. The van der Waals surface area contributed by atoms with Gasteiger partial charge in [-0.2, -0.15) is 10.5 Å². The number of rotatable bonds is 0. The molecular formula is C8H11N3. The van der Waals surface area contributed by atoms with Gasteiger partial charge in [0.05, 0.1) is 12.1 Å². The first kappa shape index (κ1) is 8.04. The van der Waals surface area contributed by atoms with Crippen molar-refractivity contribution in [1.29, 1.82) is 10.5 Å². The van der Waals surface area contributed by atoms with Gasteiger partial charge in [0.1, 0.15) is 5.41 Å². The SMILES string of the molecule is CN1CCC(C#N)(C#N)CC1. The number of hydrogen-bond donors (Lipinski definition) is 0. The van der Waals surface area contributed by atoms with Crippen LogP contribution in [0, 0.1) is 28.1 Å². The van der Waals surface area contributed by atoms with Crippen LogP contribution in [0.15, 0.2) is 0 Å². The Labute approximate surface area is 66.8 Å². The zero-order valence-electron chi connectivity index (χ0n) is 6.67. The van der Waals surface area contributed by atoms with E-state index in [4.69, 9.17) is 10.5 Å². The lowest BCUT2D eigenvalue weighted by atomic mass is 9.81. The monoisotopic (exact) mass is 149 g/mol. The Balaban J connectivity index is 2.64. The molecule has 0 bridgehead atoms. The molecule has 0 N–H and O–H groups in total. The summed E-state index contributed by atoms with van der Waals surface area (Å²) in [4.78, 5) is 2.15. The second-order valence-electron chi connectivity index (χ2n) is 3.11. The third kappa shape index (κ3) is 1.50. The molecule has 1 fully saturated rings. The van der Waals surface area contributed by atoms with Crippen molar-refractivity contribution in [2.75, 3.05) is 20.1 Å². The molecule has 0 radical (unpaired) electrons. The maximum Gasteiger partial charge on any atom is 0.146 e. The van der Waals surface area contributed by atoms with Crippen molar-refractivity contribution < 1.29 is 0 Å². The average molecular weight is 149 g/mol. The van der Waals surface area contributed by atoms with Crippen LogP contribution in [0.1, 0.15) is 12.8 Å². The van der Waals surface area contributed by atoms with Gasteiger partial charge in [0.25, 0.3) is 0 Å². The predicted molar refractivity (Wildman–Crippen MR) is 40.4 cm³/mol. The van der Waals surface area contributed by atoms with Crippen LogP contribution >= 0.6 is 0 Å². The molecule has 0 aromatic carbocycles. The van der Waals surface area contributed by atoms with Crippen molar-refractivity contribution in [2.24, 2.45) is 5.41 Å². The van der Waals surface area contributed by atoms with Crippen LogP contribution in [-0.4, -0.2) is 25.0 Å². The number of hydrogen-bond acceptors (Lipinski definition) is 3. The van der Waals surface area contributed by atoms with Crippen molar-refractivity contribution in [3.8, 4) is 12.1 Å². The maximum atomic E-state index is 8.74. The molecule has 1 saturated heterocycles. The molecule has 3 heteroatoms. The minimum atomic E-state index is -0.688. The lowest BCUT2D eigenvalue weighted by molar-refractivity contribution is 0.210. The van der Waals surface area contributed by atoms with Crippen LogP contribution in [-0.2, 0) is 0 Å². The molecule has 0 saturated carbocycles. The van der Waals surface area contributed by atoms with E-state index in [0.29, 0.717) is 12.8 Å². The van der Waals surface area contributed by atoms with Gasteiger partial charge in [-0.25, -0.2) is 0 Å². The highest BCUT2D eigenvalue weighted by atomic mass is 15.1. The van der Waals surface area contributed by atoms with E-state index in [-0.39, 0.29) is 0 Å². The minimum Gasteiger partial charge on any atom is -0.306 e. The molecule has 58 valence electrons. The van der Waals surface area contributed by atoms with Crippen LogP contribution in [0.2, 0.25) is 0 Å². The van der Waals surface area contributed by atoms with Crippen molar-refractivity contribution >= 4 is 0 Å². The molecular weight excluding hydrogens is 138 g/mol. The summed E-state index contributed by atoms with van der Waals surface area (Å²) in [5.41, 5.74) is -0.688. The standard InChI is InChI=1S/C8H11N3/c1-11-4-2-8(6-9,7-10)3-5-11/h2-5H2,1H3. The number of nitriles is 2. The third-order valence-corrected chi connectivity index (χ3v) is 2.27. The molecule has 1 heterocycles. The number of likely N-dealkylation sites (tertiary alicyclic amines) is 1. The first-order chi connectivity index (χ1) is 5.22. The van der Waals surface area contributed by atoms with Gasteiger partial charge in [0.2, 0.25) is 0 Å². The molecule has 0 amide bonds. The molecule has 0 spiro atoms. The number of nitrogens with zero attached hydrogens (tertiary/aromatic N) is 3. The Morgan fingerprint density at radius 1 is 1.18 bits per heavy atom. The summed E-state index contributed by atoms with van der Waals surface area (Å²) < 4.78 is 0. The molecule has 0 aromatic heterocycles. The summed E-state index contributed by atoms with van der Waals surface area (Å²) in [6, 6.07) is 4.20. The molecule has 0 atom stereocenters. The van der Waals surface area contributed by atoms with Crippen LogP contribution in [0.25, 0.3) is 0 Å². The van der Waals surface area contributed by atoms with E-state index in [2.05, 4.69) is 17.0 Å². The van der Waals surface area contributed by atoms with Gasteiger partial charge in [-0.3, -0.25) is 0 Å². The lowest BCUT2D eigenvalue weighted by Crippen LogP contribution is -2.36. The normalized spacial score (nSPS) is 23.5. The van der Waals surface area contributed by atoms with E-state index in [1.165, 1.54) is 0 Å². The topological polar surface area (TPSA) is 50.8 Å². The van der Waals surface area contributed by atoms with E-state index in [1.807, 2.05) is 7.05 Å². The van der Waals surface area contributed by atoms with E-state index >= 15 is 0 Å². The fourth-order valence-electron chi connectivity index (χ4n) is 1.25. The first-order valence-corrected chi connectivity index (χ1v) is 3.73. The van der Waals surface area contributed by atoms with Gasteiger partial charge in [0, 0.05) is 13.1 Å². The minimum absolute atomic E-state index is 0.688. The van der Waals surface area contributed by atoms with Gasteiger partial charge in [0.15, 0.2) is 0 Å². The molecule has 0 unspecified atom stereocenters. The molecule has 11 heavy (non-hydrogen) atoms. The molecule has 1 rings (SSSR count). The van der Waals surface area contributed by atoms with Crippen LogP contribution in [0.5, 0.6) is 0 Å². The molecule has 0 aromatic rings. The highest BCUT2D eigenvalue weighted by molar-refractivity contribution is 5.15. The molecule has 1 aliphatic rings. The van der Waals surface area contributed by atoms with Crippen LogP contribution in [0.3, 0.4) is 0 Å². The van der Waals surface area contributed by atoms with Crippen molar-refractivity contribution in [3.63, 3.8) is 0 Å². The zero-order valence-corrected chi connectivity index (χ0v) is 6.67. The second kappa shape index (κ2) is 2.90. The van der Waals surface area contributed by atoms with E-state index in [0.717, 1.165) is 13.1 Å². The Hall–Kier alpha value is -1.06. The highest BCUT2D eigenvalue weighted by Gasteiger charge is 2.33. The Morgan fingerprint density at radius 3 is 2.00 bits per heavy atom. The summed E-state index contributed by atoms with van der Waals surface area (Å²) in [6.07, 6.45) is 1.38. The third-order valence-electron chi connectivity index (χ3n) is 2.27. The summed E-state index contributed by atoms with van der Waals surface area (Å²) >= 11 is 0. The number of piperidine rings is 1. The van der Waals surface area contributed by atoms with Gasteiger partial charge in [-0.15, -0.1) is 0 Å². The zero-order chi connectivity index (χ0) is 8.32. The Kier molecular flexibility index (Phi) is 2.12. The maximum absolute atomic E-state index is 8.74.